The Morgan fingerprint density at radius 3 is 2.28 bits per heavy atom. The Hall–Kier alpha value is -3.94. The number of hydrogen-bond acceptors (Lipinski definition) is 6. The van der Waals surface area contributed by atoms with Crippen LogP contribution in [0.2, 0.25) is 0 Å². The van der Waals surface area contributed by atoms with Gasteiger partial charge >= 0.3 is 5.97 Å². The van der Waals surface area contributed by atoms with E-state index < -0.39 is 10.8 Å². The maximum absolute atomic E-state index is 12.5. The molecule has 1 saturated carbocycles. The molecule has 0 saturated heterocycles. The number of benzene rings is 2. The van der Waals surface area contributed by atoms with Crippen LogP contribution < -0.4 is 5.32 Å². The number of amides is 1. The van der Waals surface area contributed by atoms with Crippen molar-refractivity contribution in [2.24, 2.45) is 0 Å². The fraction of sp³-hybridized carbons (Fsp3) is 0.250. The summed E-state index contributed by atoms with van der Waals surface area (Å²) in [6.45, 7) is 0. The summed E-state index contributed by atoms with van der Waals surface area (Å²) >= 11 is 0. The Balaban J connectivity index is 1.36. The molecule has 4 rings (SSSR count). The number of carbonyl (C=O) groups is 2. The Morgan fingerprint density at radius 1 is 0.938 bits per heavy atom. The van der Waals surface area contributed by atoms with Crippen LogP contribution in [0.15, 0.2) is 65.1 Å². The molecule has 1 aromatic heterocycles. The number of non-ortho nitro benzene ring substituents is 1. The minimum absolute atomic E-state index is 0.0143. The highest BCUT2D eigenvalue weighted by Gasteiger charge is 2.19. The van der Waals surface area contributed by atoms with Crippen LogP contribution in [-0.2, 0) is 4.74 Å². The van der Waals surface area contributed by atoms with Gasteiger partial charge in [0.25, 0.3) is 11.6 Å². The molecule has 164 valence electrons. The van der Waals surface area contributed by atoms with Crippen LogP contribution in [0.4, 0.5) is 11.4 Å². The molecule has 8 heteroatoms. The molecular weight excluding hydrogens is 412 g/mol. The number of ether oxygens (including phenoxy) is 1. The van der Waals surface area contributed by atoms with Gasteiger partial charge < -0.3 is 14.5 Å². The van der Waals surface area contributed by atoms with Crippen LogP contribution in [0.1, 0.15) is 53.0 Å². The number of hydrogen-bond donors (Lipinski definition) is 1. The quantitative estimate of drug-likeness (QED) is 0.307. The van der Waals surface area contributed by atoms with E-state index in [1.54, 1.807) is 42.5 Å². The van der Waals surface area contributed by atoms with Crippen LogP contribution in [0.3, 0.4) is 0 Å². The summed E-state index contributed by atoms with van der Waals surface area (Å²) in [5.41, 5.74) is 1.55. The summed E-state index contributed by atoms with van der Waals surface area (Å²) in [6, 6.07) is 15.5. The first-order valence-electron chi connectivity index (χ1n) is 10.5. The Labute approximate surface area is 184 Å². The van der Waals surface area contributed by atoms with Gasteiger partial charge in [0, 0.05) is 23.4 Å². The summed E-state index contributed by atoms with van der Waals surface area (Å²) in [7, 11) is 0. The van der Waals surface area contributed by atoms with Crippen molar-refractivity contribution in [3.8, 4) is 11.3 Å². The zero-order valence-corrected chi connectivity index (χ0v) is 17.3. The summed E-state index contributed by atoms with van der Waals surface area (Å²) in [5, 5.41) is 13.5. The van der Waals surface area contributed by atoms with Gasteiger partial charge in [-0.2, -0.15) is 0 Å². The van der Waals surface area contributed by atoms with Crippen molar-refractivity contribution >= 4 is 23.3 Å². The van der Waals surface area contributed by atoms with Gasteiger partial charge in [-0.05, 0) is 74.2 Å². The first kappa shape index (κ1) is 21.3. The van der Waals surface area contributed by atoms with Gasteiger partial charge in [0.05, 0.1) is 10.5 Å². The highest BCUT2D eigenvalue weighted by atomic mass is 16.6. The molecule has 3 aromatic rings. The summed E-state index contributed by atoms with van der Waals surface area (Å²) in [5.74, 6) is -0.283. The molecule has 0 atom stereocenters. The number of nitrogens with one attached hydrogen (secondary N) is 1. The molecule has 1 amide bonds. The van der Waals surface area contributed by atoms with Crippen molar-refractivity contribution in [3.05, 3.63) is 82.1 Å². The number of furan rings is 1. The van der Waals surface area contributed by atoms with Crippen molar-refractivity contribution in [1.29, 1.82) is 0 Å². The lowest BCUT2D eigenvalue weighted by Crippen LogP contribution is -2.20. The number of nitro benzene ring substituents is 1. The van der Waals surface area contributed by atoms with Crippen molar-refractivity contribution in [1.82, 2.24) is 0 Å². The zero-order chi connectivity index (χ0) is 22.5. The average molecular weight is 434 g/mol. The van der Waals surface area contributed by atoms with Crippen molar-refractivity contribution in [2.75, 3.05) is 5.32 Å². The van der Waals surface area contributed by atoms with E-state index in [1.807, 2.05) is 0 Å². The van der Waals surface area contributed by atoms with Crippen molar-refractivity contribution in [3.63, 3.8) is 0 Å². The van der Waals surface area contributed by atoms with E-state index >= 15 is 0 Å². The van der Waals surface area contributed by atoms with Crippen LogP contribution in [0, 0.1) is 10.1 Å². The second-order valence-electron chi connectivity index (χ2n) is 7.66. The highest BCUT2D eigenvalue weighted by Crippen LogP contribution is 2.25. The van der Waals surface area contributed by atoms with Crippen LogP contribution in [-0.4, -0.2) is 22.9 Å². The second kappa shape index (κ2) is 9.47. The van der Waals surface area contributed by atoms with E-state index in [0.717, 1.165) is 25.7 Å². The monoisotopic (exact) mass is 434 g/mol. The van der Waals surface area contributed by atoms with Crippen molar-refractivity contribution in [2.45, 2.75) is 38.2 Å². The van der Waals surface area contributed by atoms with Crippen LogP contribution in [0.25, 0.3) is 11.3 Å². The average Bonchev–Trinajstić information content (AvgIpc) is 3.31. The standard InChI is InChI=1S/C24H22N2O6/c27-23(22-15-14-21(32-22)16-8-12-19(13-9-16)26(29)30)25-18-10-6-17(7-11-18)24(28)31-20-4-2-1-3-5-20/h6-15,20H,1-5H2,(H,25,27). The predicted molar refractivity (Wildman–Crippen MR) is 117 cm³/mol. The smallest absolute Gasteiger partial charge is 0.338 e. The molecule has 1 heterocycles. The van der Waals surface area contributed by atoms with Crippen LogP contribution >= 0.6 is 0 Å². The maximum Gasteiger partial charge on any atom is 0.338 e. The van der Waals surface area contributed by atoms with Gasteiger partial charge in [0.15, 0.2) is 5.76 Å². The van der Waals surface area contributed by atoms with Crippen molar-refractivity contribution < 1.29 is 23.7 Å². The van der Waals surface area contributed by atoms with Gasteiger partial charge in [-0.25, -0.2) is 4.79 Å². The normalized spacial score (nSPS) is 14.0. The molecule has 0 unspecified atom stereocenters. The summed E-state index contributed by atoms with van der Waals surface area (Å²) in [4.78, 5) is 35.1. The van der Waals surface area contributed by atoms with E-state index in [4.69, 9.17) is 9.15 Å². The molecule has 8 nitrogen and oxygen atoms in total. The molecule has 1 N–H and O–H groups in total. The molecular formula is C24H22N2O6. The number of nitrogens with zero attached hydrogens (tertiary/aromatic N) is 1. The van der Waals surface area contributed by atoms with Gasteiger partial charge in [-0.3, -0.25) is 14.9 Å². The molecule has 2 aromatic carbocycles. The Morgan fingerprint density at radius 2 is 1.62 bits per heavy atom. The molecule has 0 radical (unpaired) electrons. The SMILES string of the molecule is O=C(OC1CCCCC1)c1ccc(NC(=O)c2ccc(-c3ccc([N+](=O)[O-])cc3)o2)cc1. The molecule has 0 aliphatic heterocycles. The van der Waals surface area contributed by atoms with Gasteiger partial charge in [-0.1, -0.05) is 6.42 Å². The number of carbonyl (C=O) groups excluding carboxylic acids is 2. The fourth-order valence-corrected chi connectivity index (χ4v) is 3.65. The minimum atomic E-state index is -0.480. The van der Waals surface area contributed by atoms with Crippen LogP contribution in [0.5, 0.6) is 0 Å². The second-order valence-corrected chi connectivity index (χ2v) is 7.66. The van der Waals surface area contributed by atoms with Gasteiger partial charge in [0.1, 0.15) is 11.9 Å². The third-order valence-electron chi connectivity index (χ3n) is 5.40. The summed E-state index contributed by atoms with van der Waals surface area (Å²) < 4.78 is 11.1. The number of anilines is 1. The molecule has 0 spiro atoms. The van der Waals surface area contributed by atoms with E-state index in [2.05, 4.69) is 5.32 Å². The lowest BCUT2D eigenvalue weighted by Gasteiger charge is -2.21. The molecule has 32 heavy (non-hydrogen) atoms. The number of esters is 1. The Bertz CT molecular complexity index is 1110. The molecule has 1 aliphatic carbocycles. The van der Waals surface area contributed by atoms with E-state index in [-0.39, 0.29) is 23.5 Å². The highest BCUT2D eigenvalue weighted by molar-refractivity contribution is 6.02. The molecule has 0 bridgehead atoms. The topological polar surface area (TPSA) is 112 Å². The summed E-state index contributed by atoms with van der Waals surface area (Å²) in [6.07, 6.45) is 5.16. The van der Waals surface area contributed by atoms with Gasteiger partial charge in [0.2, 0.25) is 0 Å². The Kier molecular flexibility index (Phi) is 6.30. The maximum atomic E-state index is 12.5. The lowest BCUT2D eigenvalue weighted by molar-refractivity contribution is -0.384. The fourth-order valence-electron chi connectivity index (χ4n) is 3.65. The zero-order valence-electron chi connectivity index (χ0n) is 17.3. The molecule has 1 fully saturated rings. The first-order valence-corrected chi connectivity index (χ1v) is 10.5. The van der Waals surface area contributed by atoms with E-state index in [0.29, 0.717) is 22.6 Å². The molecule has 1 aliphatic rings. The number of rotatable bonds is 6. The number of nitro groups is 1. The lowest BCUT2D eigenvalue weighted by atomic mass is 9.98. The van der Waals surface area contributed by atoms with E-state index in [9.17, 15) is 19.7 Å². The van der Waals surface area contributed by atoms with E-state index in [1.165, 1.54) is 24.6 Å². The predicted octanol–water partition coefficient (Wildman–Crippen LogP) is 5.60. The largest absolute Gasteiger partial charge is 0.459 e. The van der Waals surface area contributed by atoms with Gasteiger partial charge in [-0.15, -0.1) is 0 Å². The third kappa shape index (κ3) is 5.03. The minimum Gasteiger partial charge on any atom is -0.459 e. The first-order chi connectivity index (χ1) is 15.5. The third-order valence-corrected chi connectivity index (χ3v) is 5.40.